The van der Waals surface area contributed by atoms with Crippen LogP contribution in [-0.2, 0) is 0 Å². The Morgan fingerprint density at radius 3 is 2.59 bits per heavy atom. The Bertz CT molecular complexity index is 1130. The summed E-state index contributed by atoms with van der Waals surface area (Å²) >= 11 is 0. The smallest absolute Gasteiger partial charge is 0.272 e. The number of nitrogens with zero attached hydrogens (tertiary/aromatic N) is 2. The lowest BCUT2D eigenvalue weighted by molar-refractivity contribution is 0.0956. The number of rotatable bonds is 4. The Morgan fingerprint density at radius 1 is 1.04 bits per heavy atom. The number of hydrogen-bond donors (Lipinski definition) is 1. The number of hydrogen-bond acceptors (Lipinski definition) is 4. The van der Waals surface area contributed by atoms with Gasteiger partial charge in [-0.3, -0.25) is 4.79 Å². The molecule has 0 spiro atoms. The fourth-order valence-corrected chi connectivity index (χ4v) is 2.86. The van der Waals surface area contributed by atoms with Crippen molar-refractivity contribution in [2.24, 2.45) is 5.10 Å². The molecule has 4 rings (SSSR count). The monoisotopic (exact) mass is 355 g/mol. The second kappa shape index (κ2) is 7.25. The molecule has 132 valence electrons. The lowest BCUT2D eigenvalue weighted by Gasteiger charge is -2.08. The minimum atomic E-state index is -0.301. The zero-order valence-corrected chi connectivity index (χ0v) is 14.7. The van der Waals surface area contributed by atoms with E-state index in [-0.39, 0.29) is 5.91 Å². The average molecular weight is 355 g/mol. The summed E-state index contributed by atoms with van der Waals surface area (Å²) in [4.78, 5) is 17.4. The predicted octanol–water partition coefficient (Wildman–Crippen LogP) is 4.57. The number of fused-ring (bicyclic) bond motifs is 1. The van der Waals surface area contributed by atoms with Gasteiger partial charge in [-0.15, -0.1) is 0 Å². The molecule has 0 aliphatic rings. The summed E-state index contributed by atoms with van der Waals surface area (Å²) in [6, 6.07) is 22.8. The van der Waals surface area contributed by atoms with E-state index in [1.165, 1.54) is 6.21 Å². The topological polar surface area (TPSA) is 67.5 Å². The van der Waals surface area contributed by atoms with Crippen LogP contribution in [-0.4, -0.2) is 17.1 Å². The van der Waals surface area contributed by atoms with E-state index in [9.17, 15) is 4.79 Å². The van der Waals surface area contributed by atoms with Crippen molar-refractivity contribution in [2.75, 3.05) is 0 Å². The Labute approximate surface area is 156 Å². The number of amides is 1. The van der Waals surface area contributed by atoms with Crippen LogP contribution >= 0.6 is 0 Å². The van der Waals surface area contributed by atoms with Crippen molar-refractivity contribution in [2.45, 2.75) is 6.92 Å². The van der Waals surface area contributed by atoms with Crippen LogP contribution in [0.1, 0.15) is 21.9 Å². The highest BCUT2D eigenvalue weighted by Gasteiger charge is 2.13. The molecule has 0 unspecified atom stereocenters. The van der Waals surface area contributed by atoms with Crippen LogP contribution in [0.2, 0.25) is 0 Å². The normalized spacial score (nSPS) is 11.1. The molecular formula is C22H17N3O2. The van der Waals surface area contributed by atoms with Crippen LogP contribution in [0, 0.1) is 6.92 Å². The largest absolute Gasteiger partial charge is 0.460 e. The van der Waals surface area contributed by atoms with Crippen molar-refractivity contribution in [3.05, 3.63) is 89.9 Å². The number of pyridine rings is 1. The second-order valence-electron chi connectivity index (χ2n) is 6.09. The van der Waals surface area contributed by atoms with Gasteiger partial charge < -0.3 is 4.42 Å². The quantitative estimate of drug-likeness (QED) is 0.431. The van der Waals surface area contributed by atoms with Crippen LogP contribution in [0.15, 0.2) is 82.3 Å². The summed E-state index contributed by atoms with van der Waals surface area (Å²) < 4.78 is 5.41. The molecule has 0 aliphatic heterocycles. The van der Waals surface area contributed by atoms with E-state index in [1.54, 1.807) is 12.1 Å². The number of carbonyl (C=O) groups is 1. The van der Waals surface area contributed by atoms with Crippen molar-refractivity contribution < 1.29 is 9.21 Å². The summed E-state index contributed by atoms with van der Waals surface area (Å²) in [6.07, 6.45) is 1.48. The molecule has 4 aromatic rings. The maximum atomic E-state index is 12.8. The molecule has 0 saturated carbocycles. The van der Waals surface area contributed by atoms with Gasteiger partial charge in [-0.1, -0.05) is 48.5 Å². The van der Waals surface area contributed by atoms with Gasteiger partial charge in [0.15, 0.2) is 0 Å². The van der Waals surface area contributed by atoms with Crippen molar-refractivity contribution in [3.8, 4) is 11.3 Å². The fourth-order valence-electron chi connectivity index (χ4n) is 2.86. The van der Waals surface area contributed by atoms with E-state index in [2.05, 4.69) is 15.5 Å². The van der Waals surface area contributed by atoms with Gasteiger partial charge in [0.1, 0.15) is 11.5 Å². The summed E-state index contributed by atoms with van der Waals surface area (Å²) in [7, 11) is 0. The SMILES string of the molecule is Cc1ccc(/C=N/NC(=O)c2cc(-c3ccccc3)nc3ccccc23)o1. The zero-order chi connectivity index (χ0) is 18.6. The van der Waals surface area contributed by atoms with Gasteiger partial charge in [-0.25, -0.2) is 10.4 Å². The van der Waals surface area contributed by atoms with Gasteiger partial charge in [0.2, 0.25) is 0 Å². The van der Waals surface area contributed by atoms with E-state index in [1.807, 2.05) is 67.6 Å². The van der Waals surface area contributed by atoms with Crippen LogP contribution in [0.5, 0.6) is 0 Å². The highest BCUT2D eigenvalue weighted by molar-refractivity contribution is 6.07. The highest BCUT2D eigenvalue weighted by Crippen LogP contribution is 2.24. The van der Waals surface area contributed by atoms with Crippen LogP contribution in [0.3, 0.4) is 0 Å². The third-order valence-corrected chi connectivity index (χ3v) is 4.15. The van der Waals surface area contributed by atoms with Crippen molar-refractivity contribution in [3.63, 3.8) is 0 Å². The molecular weight excluding hydrogens is 338 g/mol. The van der Waals surface area contributed by atoms with Gasteiger partial charge in [-0.05, 0) is 31.2 Å². The van der Waals surface area contributed by atoms with Gasteiger partial charge in [0.25, 0.3) is 5.91 Å². The predicted molar refractivity (Wildman–Crippen MR) is 106 cm³/mol. The number of aryl methyl sites for hydroxylation is 1. The first-order chi connectivity index (χ1) is 13.2. The maximum absolute atomic E-state index is 12.8. The number of carbonyl (C=O) groups excluding carboxylic acids is 1. The van der Waals surface area contributed by atoms with Gasteiger partial charge >= 0.3 is 0 Å². The third-order valence-electron chi connectivity index (χ3n) is 4.15. The van der Waals surface area contributed by atoms with Crippen molar-refractivity contribution in [1.82, 2.24) is 10.4 Å². The summed E-state index contributed by atoms with van der Waals surface area (Å²) in [5.41, 5.74) is 5.54. The minimum absolute atomic E-state index is 0.301. The average Bonchev–Trinajstić information content (AvgIpc) is 3.12. The number of furan rings is 1. The van der Waals surface area contributed by atoms with Crippen LogP contribution < -0.4 is 5.43 Å². The van der Waals surface area contributed by atoms with E-state index >= 15 is 0 Å². The molecule has 0 aliphatic carbocycles. The fraction of sp³-hybridized carbons (Fsp3) is 0.0455. The lowest BCUT2D eigenvalue weighted by Crippen LogP contribution is -2.18. The van der Waals surface area contributed by atoms with Crippen molar-refractivity contribution in [1.29, 1.82) is 0 Å². The molecule has 0 bridgehead atoms. The first-order valence-electron chi connectivity index (χ1n) is 8.56. The maximum Gasteiger partial charge on any atom is 0.272 e. The molecule has 1 N–H and O–H groups in total. The number of para-hydroxylation sites is 1. The van der Waals surface area contributed by atoms with Gasteiger partial charge in [-0.2, -0.15) is 5.10 Å². The summed E-state index contributed by atoms with van der Waals surface area (Å²) in [5.74, 6) is 1.07. The number of hydrazone groups is 1. The molecule has 0 atom stereocenters. The summed E-state index contributed by atoms with van der Waals surface area (Å²) in [5, 5.41) is 4.78. The molecule has 2 aromatic carbocycles. The molecule has 1 amide bonds. The molecule has 2 aromatic heterocycles. The molecule has 27 heavy (non-hydrogen) atoms. The first kappa shape index (κ1) is 16.7. The minimum Gasteiger partial charge on any atom is -0.460 e. The third kappa shape index (κ3) is 3.62. The lowest BCUT2D eigenvalue weighted by atomic mass is 10.0. The number of benzene rings is 2. The van der Waals surface area contributed by atoms with E-state index in [0.29, 0.717) is 11.3 Å². The standard InChI is InChI=1S/C22H17N3O2/c1-15-11-12-17(27-15)14-23-25-22(26)19-13-21(16-7-3-2-4-8-16)24-20-10-6-5-9-18(19)20/h2-14H,1H3,(H,25,26)/b23-14+. The molecule has 5 nitrogen and oxygen atoms in total. The molecule has 2 heterocycles. The molecule has 0 radical (unpaired) electrons. The molecule has 0 saturated heterocycles. The second-order valence-corrected chi connectivity index (χ2v) is 6.09. The first-order valence-corrected chi connectivity index (χ1v) is 8.56. The summed E-state index contributed by atoms with van der Waals surface area (Å²) in [6.45, 7) is 1.85. The zero-order valence-electron chi connectivity index (χ0n) is 14.7. The van der Waals surface area contributed by atoms with E-state index in [4.69, 9.17) is 4.42 Å². The van der Waals surface area contributed by atoms with E-state index < -0.39 is 0 Å². The van der Waals surface area contributed by atoms with Gasteiger partial charge in [0.05, 0.1) is 23.0 Å². The van der Waals surface area contributed by atoms with E-state index in [0.717, 1.165) is 27.9 Å². The van der Waals surface area contributed by atoms with Crippen LogP contribution in [0.25, 0.3) is 22.2 Å². The van der Waals surface area contributed by atoms with Gasteiger partial charge in [0, 0.05) is 10.9 Å². The Kier molecular flexibility index (Phi) is 4.49. The number of nitrogens with one attached hydrogen (secondary N) is 1. The Hall–Kier alpha value is -3.73. The number of aromatic nitrogens is 1. The molecule has 5 heteroatoms. The Balaban J connectivity index is 1.69. The highest BCUT2D eigenvalue weighted by atomic mass is 16.3. The van der Waals surface area contributed by atoms with Crippen LogP contribution in [0.4, 0.5) is 0 Å². The van der Waals surface area contributed by atoms with Crippen molar-refractivity contribution >= 4 is 23.0 Å². The molecule has 0 fully saturated rings. The Morgan fingerprint density at radius 2 is 1.81 bits per heavy atom.